The van der Waals surface area contributed by atoms with Gasteiger partial charge in [0.2, 0.25) is 0 Å². The summed E-state index contributed by atoms with van der Waals surface area (Å²) in [6.07, 6.45) is 0. The molecule has 0 bridgehead atoms. The van der Waals surface area contributed by atoms with Crippen molar-refractivity contribution in [3.8, 4) is 5.75 Å². The lowest BCUT2D eigenvalue weighted by Gasteiger charge is -2.15. The summed E-state index contributed by atoms with van der Waals surface area (Å²) in [7, 11) is 0.162. The number of hydroxylamine groups is 1. The SMILES string of the molecule is COc1cccc(CNC(=O)c2cc(S(=O)(=O)N(C)OC)ccc2Cl)c1. The number of benzene rings is 2. The van der Waals surface area contributed by atoms with Crippen molar-refractivity contribution in [2.45, 2.75) is 11.4 Å². The van der Waals surface area contributed by atoms with Crippen molar-refractivity contribution >= 4 is 27.5 Å². The normalized spacial score (nSPS) is 11.4. The second-order valence-corrected chi connectivity index (χ2v) is 7.62. The van der Waals surface area contributed by atoms with E-state index in [1.807, 2.05) is 6.07 Å². The van der Waals surface area contributed by atoms with E-state index in [9.17, 15) is 13.2 Å². The molecular formula is C17H19ClN2O5S. The first kappa shape index (κ1) is 20.2. The first-order chi connectivity index (χ1) is 12.3. The fraction of sp³-hybridized carbons (Fsp3) is 0.235. The van der Waals surface area contributed by atoms with Gasteiger partial charge < -0.3 is 10.1 Å². The summed E-state index contributed by atoms with van der Waals surface area (Å²) in [5, 5.41) is 2.86. The van der Waals surface area contributed by atoms with Gasteiger partial charge in [-0.3, -0.25) is 9.63 Å². The van der Waals surface area contributed by atoms with Gasteiger partial charge >= 0.3 is 0 Å². The third-order valence-corrected chi connectivity index (χ3v) is 5.67. The average Bonchev–Trinajstić information content (AvgIpc) is 2.65. The van der Waals surface area contributed by atoms with E-state index in [1.54, 1.807) is 25.3 Å². The van der Waals surface area contributed by atoms with E-state index in [1.165, 1.54) is 32.4 Å². The second kappa shape index (κ2) is 8.50. The molecule has 0 aliphatic rings. The monoisotopic (exact) mass is 398 g/mol. The lowest BCUT2D eigenvalue weighted by atomic mass is 10.2. The van der Waals surface area contributed by atoms with Crippen LogP contribution < -0.4 is 10.1 Å². The number of rotatable bonds is 7. The van der Waals surface area contributed by atoms with Gasteiger partial charge in [0.15, 0.2) is 0 Å². The summed E-state index contributed by atoms with van der Waals surface area (Å²) < 4.78 is 30.5. The number of halogens is 1. The molecule has 1 amide bonds. The predicted molar refractivity (Wildman–Crippen MR) is 97.6 cm³/mol. The maximum Gasteiger partial charge on any atom is 0.264 e. The van der Waals surface area contributed by atoms with Crippen molar-refractivity contribution in [1.29, 1.82) is 0 Å². The molecule has 0 radical (unpaired) electrons. The molecule has 1 N–H and O–H groups in total. The zero-order valence-electron chi connectivity index (χ0n) is 14.5. The van der Waals surface area contributed by atoms with Crippen molar-refractivity contribution in [1.82, 2.24) is 9.79 Å². The number of hydrogen-bond acceptors (Lipinski definition) is 5. The summed E-state index contributed by atoms with van der Waals surface area (Å²) in [6, 6.07) is 11.1. The highest BCUT2D eigenvalue weighted by atomic mass is 35.5. The zero-order chi connectivity index (χ0) is 19.3. The van der Waals surface area contributed by atoms with Crippen LogP contribution in [0, 0.1) is 0 Å². The number of sulfonamides is 1. The third kappa shape index (κ3) is 4.53. The van der Waals surface area contributed by atoms with Crippen LogP contribution >= 0.6 is 11.6 Å². The molecule has 0 saturated heterocycles. The molecule has 0 atom stereocenters. The van der Waals surface area contributed by atoms with Crippen LogP contribution in [0.1, 0.15) is 15.9 Å². The Morgan fingerprint density at radius 3 is 2.58 bits per heavy atom. The quantitative estimate of drug-likeness (QED) is 0.724. The van der Waals surface area contributed by atoms with Crippen molar-refractivity contribution in [2.75, 3.05) is 21.3 Å². The van der Waals surface area contributed by atoms with E-state index in [4.69, 9.17) is 21.2 Å². The molecule has 7 nitrogen and oxygen atoms in total. The largest absolute Gasteiger partial charge is 0.497 e. The topological polar surface area (TPSA) is 84.9 Å². The zero-order valence-corrected chi connectivity index (χ0v) is 16.1. The Morgan fingerprint density at radius 1 is 1.19 bits per heavy atom. The van der Waals surface area contributed by atoms with Crippen molar-refractivity contribution in [2.24, 2.45) is 0 Å². The van der Waals surface area contributed by atoms with Gasteiger partial charge in [0.05, 0.1) is 29.7 Å². The van der Waals surface area contributed by atoms with E-state index >= 15 is 0 Å². The highest BCUT2D eigenvalue weighted by Crippen LogP contribution is 2.23. The van der Waals surface area contributed by atoms with E-state index in [-0.39, 0.29) is 22.0 Å². The van der Waals surface area contributed by atoms with Crippen LogP contribution in [0.25, 0.3) is 0 Å². The molecular weight excluding hydrogens is 380 g/mol. The van der Waals surface area contributed by atoms with Crippen LogP contribution in [0.3, 0.4) is 0 Å². The maximum atomic E-state index is 12.4. The minimum absolute atomic E-state index is 0.0557. The molecule has 0 aliphatic heterocycles. The number of ether oxygens (including phenoxy) is 1. The van der Waals surface area contributed by atoms with Crippen molar-refractivity contribution in [3.63, 3.8) is 0 Å². The Labute approximate surface area is 157 Å². The minimum atomic E-state index is -3.88. The molecule has 0 aromatic heterocycles. The van der Waals surface area contributed by atoms with Crippen LogP contribution in [-0.4, -0.2) is 40.1 Å². The number of amides is 1. The van der Waals surface area contributed by atoms with E-state index < -0.39 is 15.9 Å². The lowest BCUT2D eigenvalue weighted by Crippen LogP contribution is -2.27. The molecule has 0 saturated carbocycles. The highest BCUT2D eigenvalue weighted by Gasteiger charge is 2.23. The molecule has 0 unspecified atom stereocenters. The number of methoxy groups -OCH3 is 1. The van der Waals surface area contributed by atoms with Crippen LogP contribution in [-0.2, 0) is 21.4 Å². The molecule has 140 valence electrons. The maximum absolute atomic E-state index is 12.4. The molecule has 0 fully saturated rings. The molecule has 2 aromatic carbocycles. The summed E-state index contributed by atoms with van der Waals surface area (Å²) >= 11 is 6.06. The molecule has 0 spiro atoms. The Morgan fingerprint density at radius 2 is 1.92 bits per heavy atom. The number of nitrogens with zero attached hydrogens (tertiary/aromatic N) is 1. The molecule has 0 heterocycles. The fourth-order valence-electron chi connectivity index (χ4n) is 2.15. The van der Waals surface area contributed by atoms with Crippen molar-refractivity contribution in [3.05, 3.63) is 58.6 Å². The minimum Gasteiger partial charge on any atom is -0.497 e. The van der Waals surface area contributed by atoms with E-state index in [0.29, 0.717) is 10.2 Å². The molecule has 0 aliphatic carbocycles. The standard InChI is InChI=1S/C17H19ClN2O5S/c1-20(25-3)26(22,23)14-7-8-16(18)15(10-14)17(21)19-11-12-5-4-6-13(9-12)24-2/h4-10H,11H2,1-3H3,(H,19,21). The molecule has 9 heteroatoms. The summed E-state index contributed by atoms with van der Waals surface area (Å²) in [5.41, 5.74) is 0.886. The third-order valence-electron chi connectivity index (χ3n) is 3.66. The van der Waals surface area contributed by atoms with Gasteiger partial charge in [-0.15, -0.1) is 0 Å². The van der Waals surface area contributed by atoms with Crippen LogP contribution in [0.4, 0.5) is 0 Å². The van der Waals surface area contributed by atoms with Gasteiger partial charge in [0.1, 0.15) is 5.75 Å². The van der Waals surface area contributed by atoms with E-state index in [0.717, 1.165) is 5.56 Å². The van der Waals surface area contributed by atoms with Crippen LogP contribution in [0.5, 0.6) is 5.75 Å². The molecule has 2 rings (SSSR count). The molecule has 26 heavy (non-hydrogen) atoms. The average molecular weight is 399 g/mol. The fourth-order valence-corrected chi connectivity index (χ4v) is 3.35. The number of hydrogen-bond donors (Lipinski definition) is 1. The second-order valence-electron chi connectivity index (χ2n) is 5.27. The van der Waals surface area contributed by atoms with Gasteiger partial charge in [-0.2, -0.15) is 0 Å². The van der Waals surface area contributed by atoms with E-state index in [2.05, 4.69) is 5.32 Å². The summed E-state index contributed by atoms with van der Waals surface area (Å²) in [4.78, 5) is 17.1. The highest BCUT2D eigenvalue weighted by molar-refractivity contribution is 7.89. The van der Waals surface area contributed by atoms with Crippen LogP contribution in [0.2, 0.25) is 5.02 Å². The van der Waals surface area contributed by atoms with Gasteiger partial charge in [0.25, 0.3) is 15.9 Å². The molecule has 2 aromatic rings. The number of carbonyl (C=O) groups is 1. The Kier molecular flexibility index (Phi) is 6.60. The van der Waals surface area contributed by atoms with Gasteiger partial charge in [-0.1, -0.05) is 28.2 Å². The Hall–Kier alpha value is -2.13. The van der Waals surface area contributed by atoms with Gasteiger partial charge in [-0.05, 0) is 35.9 Å². The van der Waals surface area contributed by atoms with Crippen molar-refractivity contribution < 1.29 is 22.8 Å². The first-order valence-corrected chi connectivity index (χ1v) is 9.35. The summed E-state index contributed by atoms with van der Waals surface area (Å²) in [6.45, 7) is 0.237. The Bertz CT molecular complexity index is 902. The summed E-state index contributed by atoms with van der Waals surface area (Å²) in [5.74, 6) is 0.181. The smallest absolute Gasteiger partial charge is 0.264 e. The van der Waals surface area contributed by atoms with Crippen LogP contribution in [0.15, 0.2) is 47.4 Å². The predicted octanol–water partition coefficient (Wildman–Crippen LogP) is 2.46. The van der Waals surface area contributed by atoms with Gasteiger partial charge in [0, 0.05) is 13.6 Å². The number of nitrogens with one attached hydrogen (secondary N) is 1. The lowest BCUT2D eigenvalue weighted by molar-refractivity contribution is -0.0258. The first-order valence-electron chi connectivity index (χ1n) is 7.53. The number of carbonyl (C=O) groups excluding carboxylic acids is 1. The Balaban J connectivity index is 2.22. The van der Waals surface area contributed by atoms with Gasteiger partial charge in [-0.25, -0.2) is 8.42 Å².